The highest BCUT2D eigenvalue weighted by molar-refractivity contribution is 6.30. The van der Waals surface area contributed by atoms with Gasteiger partial charge in [-0.25, -0.2) is 0 Å². The van der Waals surface area contributed by atoms with Gasteiger partial charge < -0.3 is 5.11 Å². The zero-order chi connectivity index (χ0) is 10.4. The molecule has 0 aliphatic heterocycles. The highest BCUT2D eigenvalue weighted by atomic mass is 35.5. The van der Waals surface area contributed by atoms with Gasteiger partial charge in [-0.1, -0.05) is 23.4 Å². The van der Waals surface area contributed by atoms with Crippen molar-refractivity contribution in [2.75, 3.05) is 0 Å². The lowest BCUT2D eigenvalue weighted by Crippen LogP contribution is -1.88. The fourth-order valence-corrected chi connectivity index (χ4v) is 1.19. The Labute approximate surface area is 87.7 Å². The Bertz CT molecular complexity index is 423. The number of rotatable bonds is 1. The second-order valence-corrected chi connectivity index (χ2v) is 3.03. The Morgan fingerprint density at radius 2 is 2.21 bits per heavy atom. The second kappa shape index (κ2) is 5.29. The molecule has 0 saturated carbocycles. The topological polar surface area (TPSA) is 44.0 Å². The van der Waals surface area contributed by atoms with Crippen molar-refractivity contribution in [1.29, 1.82) is 5.26 Å². The smallest absolute Gasteiger partial charge is 0.0966 e. The Kier molecular flexibility index (Phi) is 4.01. The van der Waals surface area contributed by atoms with E-state index in [2.05, 4.69) is 11.8 Å². The van der Waals surface area contributed by atoms with Crippen molar-refractivity contribution in [3.63, 3.8) is 0 Å². The summed E-state index contributed by atoms with van der Waals surface area (Å²) in [6.07, 6.45) is 0.188. The van der Waals surface area contributed by atoms with Gasteiger partial charge in [0.05, 0.1) is 19.1 Å². The van der Waals surface area contributed by atoms with Gasteiger partial charge in [0.2, 0.25) is 0 Å². The third-order valence-electron chi connectivity index (χ3n) is 1.63. The lowest BCUT2D eigenvalue weighted by molar-refractivity contribution is 0.281. The van der Waals surface area contributed by atoms with E-state index in [-0.39, 0.29) is 13.0 Å². The highest BCUT2D eigenvalue weighted by Crippen LogP contribution is 2.15. The molecule has 0 bridgehead atoms. The van der Waals surface area contributed by atoms with Crippen LogP contribution in [0.1, 0.15) is 17.5 Å². The Morgan fingerprint density at radius 1 is 1.43 bits per heavy atom. The normalized spacial score (nSPS) is 8.64. The predicted octanol–water partition coefficient (Wildman–Crippen LogP) is 2.10. The van der Waals surface area contributed by atoms with Crippen LogP contribution >= 0.6 is 11.6 Å². The molecule has 0 spiro atoms. The largest absolute Gasteiger partial charge is 0.392 e. The Hall–Kier alpha value is -1.48. The van der Waals surface area contributed by atoms with Crippen molar-refractivity contribution in [2.24, 2.45) is 0 Å². The summed E-state index contributed by atoms with van der Waals surface area (Å²) in [7, 11) is 0. The van der Waals surface area contributed by atoms with E-state index < -0.39 is 0 Å². The average Bonchev–Trinajstić information content (AvgIpc) is 2.20. The first-order chi connectivity index (χ1) is 6.77. The SMILES string of the molecule is N#CCC#Cc1ccc(Cl)cc1CO. The first-order valence-electron chi connectivity index (χ1n) is 4.03. The number of benzene rings is 1. The summed E-state index contributed by atoms with van der Waals surface area (Å²) in [5.41, 5.74) is 1.40. The van der Waals surface area contributed by atoms with E-state index in [9.17, 15) is 0 Å². The molecule has 0 fully saturated rings. The summed E-state index contributed by atoms with van der Waals surface area (Å²) in [4.78, 5) is 0. The lowest BCUT2D eigenvalue weighted by Gasteiger charge is -2.00. The van der Waals surface area contributed by atoms with Gasteiger partial charge in [-0.05, 0) is 23.8 Å². The van der Waals surface area contributed by atoms with E-state index in [1.165, 1.54) is 0 Å². The van der Waals surface area contributed by atoms with Crippen LogP contribution < -0.4 is 0 Å². The van der Waals surface area contributed by atoms with E-state index >= 15 is 0 Å². The molecule has 0 aromatic heterocycles. The number of aliphatic hydroxyl groups is 1. The maximum Gasteiger partial charge on any atom is 0.0966 e. The number of nitrogens with zero attached hydrogens (tertiary/aromatic N) is 1. The van der Waals surface area contributed by atoms with E-state index in [0.29, 0.717) is 16.1 Å². The molecule has 0 amide bonds. The zero-order valence-electron chi connectivity index (χ0n) is 7.42. The standard InChI is InChI=1S/C11H8ClNO/c12-11-5-4-9(3-1-2-6-13)10(7-11)8-14/h4-5,7,14H,2,8H2. The van der Waals surface area contributed by atoms with Gasteiger partial charge >= 0.3 is 0 Å². The molecule has 0 atom stereocenters. The molecule has 1 rings (SSSR count). The van der Waals surface area contributed by atoms with E-state index in [4.69, 9.17) is 22.0 Å². The van der Waals surface area contributed by atoms with Gasteiger partial charge in [-0.15, -0.1) is 0 Å². The van der Waals surface area contributed by atoms with E-state index in [1.807, 2.05) is 6.07 Å². The summed E-state index contributed by atoms with van der Waals surface area (Å²) >= 11 is 5.75. The minimum atomic E-state index is -0.100. The summed E-state index contributed by atoms with van der Waals surface area (Å²) in [5, 5.41) is 17.9. The second-order valence-electron chi connectivity index (χ2n) is 2.60. The van der Waals surface area contributed by atoms with Crippen LogP contribution in [0.15, 0.2) is 18.2 Å². The summed E-state index contributed by atoms with van der Waals surface area (Å²) in [6, 6.07) is 7.03. The quantitative estimate of drug-likeness (QED) is 0.714. The zero-order valence-corrected chi connectivity index (χ0v) is 8.17. The molecule has 0 radical (unpaired) electrons. The number of nitriles is 1. The molecule has 0 saturated heterocycles. The van der Waals surface area contributed by atoms with Crippen molar-refractivity contribution >= 4 is 11.6 Å². The monoisotopic (exact) mass is 205 g/mol. The van der Waals surface area contributed by atoms with Crippen molar-refractivity contribution in [3.8, 4) is 17.9 Å². The number of hydrogen-bond donors (Lipinski definition) is 1. The van der Waals surface area contributed by atoms with Gasteiger partial charge in [0, 0.05) is 10.6 Å². The third kappa shape index (κ3) is 2.78. The summed E-state index contributed by atoms with van der Waals surface area (Å²) in [5.74, 6) is 5.48. The van der Waals surface area contributed by atoms with Crippen LogP contribution in [-0.4, -0.2) is 5.11 Å². The summed E-state index contributed by atoms with van der Waals surface area (Å²) < 4.78 is 0. The Balaban J connectivity index is 2.99. The van der Waals surface area contributed by atoms with Crippen LogP contribution in [0.25, 0.3) is 0 Å². The average molecular weight is 206 g/mol. The van der Waals surface area contributed by atoms with E-state index in [0.717, 1.165) is 0 Å². The molecular formula is C11H8ClNO. The van der Waals surface area contributed by atoms with Crippen molar-refractivity contribution < 1.29 is 5.11 Å². The highest BCUT2D eigenvalue weighted by Gasteiger charge is 1.98. The molecule has 3 heteroatoms. The fraction of sp³-hybridized carbons (Fsp3) is 0.182. The molecule has 0 unspecified atom stereocenters. The maximum absolute atomic E-state index is 9.01. The first kappa shape index (κ1) is 10.6. The minimum absolute atomic E-state index is 0.100. The molecule has 2 nitrogen and oxygen atoms in total. The van der Waals surface area contributed by atoms with Crippen LogP contribution in [0, 0.1) is 23.2 Å². The van der Waals surface area contributed by atoms with Crippen molar-refractivity contribution in [3.05, 3.63) is 34.3 Å². The van der Waals surface area contributed by atoms with Crippen LogP contribution in [-0.2, 0) is 6.61 Å². The predicted molar refractivity (Wildman–Crippen MR) is 54.5 cm³/mol. The molecule has 1 aromatic carbocycles. The van der Waals surface area contributed by atoms with Gasteiger partial charge in [0.15, 0.2) is 0 Å². The first-order valence-corrected chi connectivity index (χ1v) is 4.41. The number of halogens is 1. The van der Waals surface area contributed by atoms with Crippen molar-refractivity contribution in [1.82, 2.24) is 0 Å². The molecule has 0 heterocycles. The van der Waals surface area contributed by atoms with E-state index in [1.54, 1.807) is 18.2 Å². The number of hydrogen-bond acceptors (Lipinski definition) is 2. The van der Waals surface area contributed by atoms with Gasteiger partial charge in [0.1, 0.15) is 0 Å². The van der Waals surface area contributed by atoms with Gasteiger partial charge in [0.25, 0.3) is 0 Å². The van der Waals surface area contributed by atoms with Crippen LogP contribution in [0.2, 0.25) is 5.02 Å². The maximum atomic E-state index is 9.01. The van der Waals surface area contributed by atoms with Gasteiger partial charge in [-0.3, -0.25) is 0 Å². The third-order valence-corrected chi connectivity index (χ3v) is 1.86. The molecule has 0 aliphatic rings. The van der Waals surface area contributed by atoms with Crippen LogP contribution in [0.4, 0.5) is 0 Å². The molecule has 14 heavy (non-hydrogen) atoms. The lowest BCUT2D eigenvalue weighted by atomic mass is 10.1. The fourth-order valence-electron chi connectivity index (χ4n) is 0.994. The Morgan fingerprint density at radius 3 is 2.86 bits per heavy atom. The molecular weight excluding hydrogens is 198 g/mol. The number of aliphatic hydroxyl groups excluding tert-OH is 1. The van der Waals surface area contributed by atoms with Gasteiger partial charge in [-0.2, -0.15) is 5.26 Å². The van der Waals surface area contributed by atoms with Crippen LogP contribution in [0.5, 0.6) is 0 Å². The molecule has 0 aliphatic carbocycles. The molecule has 1 N–H and O–H groups in total. The molecule has 70 valence electrons. The molecule has 1 aromatic rings. The van der Waals surface area contributed by atoms with Crippen molar-refractivity contribution in [2.45, 2.75) is 13.0 Å². The summed E-state index contributed by atoms with van der Waals surface area (Å²) in [6.45, 7) is -0.100. The minimum Gasteiger partial charge on any atom is -0.392 e. The van der Waals surface area contributed by atoms with Crippen LogP contribution in [0.3, 0.4) is 0 Å².